The lowest BCUT2D eigenvalue weighted by Gasteiger charge is -2.29. The molecule has 1 unspecified atom stereocenters. The second-order valence-corrected chi connectivity index (χ2v) is 5.64. The third-order valence-corrected chi connectivity index (χ3v) is 3.93. The zero-order valence-corrected chi connectivity index (χ0v) is 12.3. The van der Waals surface area contributed by atoms with Gasteiger partial charge in [0, 0.05) is 25.7 Å². The zero-order valence-electron chi connectivity index (χ0n) is 12.3. The van der Waals surface area contributed by atoms with Gasteiger partial charge in [-0.2, -0.15) is 26.3 Å². The van der Waals surface area contributed by atoms with Crippen LogP contribution >= 0.6 is 0 Å². The van der Waals surface area contributed by atoms with Crippen LogP contribution in [0.15, 0.2) is 24.3 Å². The Morgan fingerprint density at radius 3 is 2.35 bits per heavy atom. The van der Waals surface area contributed by atoms with Crippen LogP contribution in [-0.4, -0.2) is 36.8 Å². The predicted octanol–water partition coefficient (Wildman–Crippen LogP) is 3.82. The zero-order chi connectivity index (χ0) is 17.1. The van der Waals surface area contributed by atoms with Crippen LogP contribution in [0.4, 0.5) is 26.3 Å². The summed E-state index contributed by atoms with van der Waals surface area (Å²) >= 11 is 0. The van der Waals surface area contributed by atoms with E-state index in [1.54, 1.807) is 0 Å². The molecule has 2 nitrogen and oxygen atoms in total. The highest BCUT2D eigenvalue weighted by molar-refractivity contribution is 5.29. The summed E-state index contributed by atoms with van der Waals surface area (Å²) < 4.78 is 76.6. The Bertz CT molecular complexity index is 505. The number of halogens is 6. The third-order valence-electron chi connectivity index (χ3n) is 3.93. The first kappa shape index (κ1) is 18.1. The second-order valence-electron chi connectivity index (χ2n) is 5.64. The Morgan fingerprint density at radius 2 is 1.78 bits per heavy atom. The third kappa shape index (κ3) is 5.39. The number of rotatable bonds is 5. The molecule has 0 aromatic heterocycles. The Balaban J connectivity index is 2.17. The molecule has 0 radical (unpaired) electrons. The van der Waals surface area contributed by atoms with Gasteiger partial charge in [0.25, 0.3) is 0 Å². The number of nitrogens with one attached hydrogen (secondary N) is 1. The first-order chi connectivity index (χ1) is 10.7. The molecule has 0 saturated carbocycles. The van der Waals surface area contributed by atoms with Gasteiger partial charge in [0.05, 0.1) is 12.0 Å². The maximum Gasteiger partial charge on any atom is 0.416 e. The van der Waals surface area contributed by atoms with Crippen LogP contribution in [-0.2, 0) is 12.7 Å². The molecule has 1 N–H and O–H groups in total. The molecule has 1 heterocycles. The molecule has 8 heteroatoms. The van der Waals surface area contributed by atoms with Crippen LogP contribution < -0.4 is 5.32 Å². The predicted molar refractivity (Wildman–Crippen MR) is 73.8 cm³/mol. The van der Waals surface area contributed by atoms with Crippen molar-refractivity contribution < 1.29 is 26.3 Å². The summed E-state index contributed by atoms with van der Waals surface area (Å²) in [6, 6.07) is 4.86. The Hall–Kier alpha value is -1.28. The molecule has 2 rings (SSSR count). The van der Waals surface area contributed by atoms with E-state index >= 15 is 0 Å². The summed E-state index contributed by atoms with van der Waals surface area (Å²) in [5, 5.41) is 3.04. The second kappa shape index (κ2) is 7.09. The molecule has 0 bridgehead atoms. The number of hydrogen-bond donors (Lipinski definition) is 1. The van der Waals surface area contributed by atoms with Crippen LogP contribution in [0.3, 0.4) is 0 Å². The fraction of sp³-hybridized carbons (Fsp3) is 0.600. The SMILES string of the molecule is FC(F)(F)CCN(Cc1ccccc1C(F)(F)F)C1CCNC1. The molecule has 1 aromatic carbocycles. The molecule has 1 aromatic rings. The maximum atomic E-state index is 13.0. The van der Waals surface area contributed by atoms with E-state index < -0.39 is 24.3 Å². The van der Waals surface area contributed by atoms with Crippen molar-refractivity contribution in [3.63, 3.8) is 0 Å². The fourth-order valence-corrected chi connectivity index (χ4v) is 2.77. The summed E-state index contributed by atoms with van der Waals surface area (Å²) in [5.41, 5.74) is -0.781. The molecule has 1 aliphatic heterocycles. The number of alkyl halides is 6. The quantitative estimate of drug-likeness (QED) is 0.820. The molecule has 1 fully saturated rings. The molecule has 1 saturated heterocycles. The van der Waals surface area contributed by atoms with E-state index in [1.165, 1.54) is 23.1 Å². The van der Waals surface area contributed by atoms with E-state index in [2.05, 4.69) is 5.32 Å². The highest BCUT2D eigenvalue weighted by Crippen LogP contribution is 2.33. The smallest absolute Gasteiger partial charge is 0.315 e. The minimum atomic E-state index is -4.51. The first-order valence-electron chi connectivity index (χ1n) is 7.33. The fourth-order valence-electron chi connectivity index (χ4n) is 2.77. The monoisotopic (exact) mass is 340 g/mol. The highest BCUT2D eigenvalue weighted by Gasteiger charge is 2.35. The van der Waals surface area contributed by atoms with Crippen LogP contribution in [0.1, 0.15) is 24.0 Å². The molecule has 0 spiro atoms. The van der Waals surface area contributed by atoms with E-state index in [1.807, 2.05) is 0 Å². The van der Waals surface area contributed by atoms with Crippen molar-refractivity contribution in [2.24, 2.45) is 0 Å². The Morgan fingerprint density at radius 1 is 1.09 bits per heavy atom. The van der Waals surface area contributed by atoms with Gasteiger partial charge in [-0.1, -0.05) is 18.2 Å². The van der Waals surface area contributed by atoms with E-state index in [4.69, 9.17) is 0 Å². The van der Waals surface area contributed by atoms with Gasteiger partial charge in [0.15, 0.2) is 0 Å². The van der Waals surface area contributed by atoms with Gasteiger partial charge >= 0.3 is 12.4 Å². The van der Waals surface area contributed by atoms with Gasteiger partial charge in [0.1, 0.15) is 0 Å². The molecular formula is C15H18F6N2. The number of benzene rings is 1. The van der Waals surface area contributed by atoms with Crippen molar-refractivity contribution in [1.29, 1.82) is 0 Å². The summed E-state index contributed by atoms with van der Waals surface area (Å²) in [4.78, 5) is 1.50. The standard InChI is InChI=1S/C15H18F6N2/c16-14(17,18)6-8-23(12-5-7-22-9-12)10-11-3-1-2-4-13(11)15(19,20)21/h1-4,12,22H,5-10H2. The number of nitrogens with zero attached hydrogens (tertiary/aromatic N) is 1. The van der Waals surface area contributed by atoms with Crippen molar-refractivity contribution in [3.8, 4) is 0 Å². The van der Waals surface area contributed by atoms with E-state index in [-0.39, 0.29) is 24.7 Å². The van der Waals surface area contributed by atoms with Gasteiger partial charge in [0.2, 0.25) is 0 Å². The largest absolute Gasteiger partial charge is 0.416 e. The summed E-state index contributed by atoms with van der Waals surface area (Å²) in [7, 11) is 0. The lowest BCUT2D eigenvalue weighted by Crippen LogP contribution is -2.39. The normalized spacial score (nSPS) is 19.5. The molecule has 0 amide bonds. The topological polar surface area (TPSA) is 15.3 Å². The average Bonchev–Trinajstić information content (AvgIpc) is 2.95. The summed E-state index contributed by atoms with van der Waals surface area (Å²) in [5.74, 6) is 0. The van der Waals surface area contributed by atoms with Gasteiger partial charge in [-0.25, -0.2) is 0 Å². The van der Waals surface area contributed by atoms with Gasteiger partial charge in [-0.05, 0) is 24.6 Å². The maximum absolute atomic E-state index is 13.0. The first-order valence-corrected chi connectivity index (χ1v) is 7.33. The minimum absolute atomic E-state index is 0.00840. The minimum Gasteiger partial charge on any atom is -0.315 e. The molecule has 0 aliphatic carbocycles. The molecular weight excluding hydrogens is 322 g/mol. The lowest BCUT2D eigenvalue weighted by molar-refractivity contribution is -0.142. The summed E-state index contributed by atoms with van der Waals surface area (Å²) in [6.45, 7) is 0.709. The number of hydrogen-bond acceptors (Lipinski definition) is 2. The van der Waals surface area contributed by atoms with Crippen molar-refractivity contribution in [2.75, 3.05) is 19.6 Å². The van der Waals surface area contributed by atoms with Crippen LogP contribution in [0.25, 0.3) is 0 Å². The van der Waals surface area contributed by atoms with Gasteiger partial charge in [-0.15, -0.1) is 0 Å². The van der Waals surface area contributed by atoms with Crippen LogP contribution in [0.2, 0.25) is 0 Å². The molecule has 130 valence electrons. The highest BCUT2D eigenvalue weighted by atomic mass is 19.4. The Labute approximate surface area is 130 Å². The average molecular weight is 340 g/mol. The Kier molecular flexibility index (Phi) is 5.57. The van der Waals surface area contributed by atoms with Crippen LogP contribution in [0.5, 0.6) is 0 Å². The summed E-state index contributed by atoms with van der Waals surface area (Å²) in [6.07, 6.45) is -9.24. The van der Waals surface area contributed by atoms with Crippen molar-refractivity contribution >= 4 is 0 Å². The van der Waals surface area contributed by atoms with Gasteiger partial charge in [-0.3, -0.25) is 4.90 Å². The van der Waals surface area contributed by atoms with Crippen molar-refractivity contribution in [1.82, 2.24) is 10.2 Å². The molecule has 23 heavy (non-hydrogen) atoms. The van der Waals surface area contributed by atoms with Gasteiger partial charge < -0.3 is 5.32 Å². The lowest BCUT2D eigenvalue weighted by atomic mass is 10.0. The van der Waals surface area contributed by atoms with E-state index in [0.717, 1.165) is 6.07 Å². The molecule has 1 aliphatic rings. The van der Waals surface area contributed by atoms with Crippen molar-refractivity contribution in [2.45, 2.75) is 37.8 Å². The molecule has 1 atom stereocenters. The van der Waals surface area contributed by atoms with E-state index in [0.29, 0.717) is 19.5 Å². The van der Waals surface area contributed by atoms with Crippen LogP contribution in [0, 0.1) is 0 Å². The van der Waals surface area contributed by atoms with E-state index in [9.17, 15) is 26.3 Å². The van der Waals surface area contributed by atoms with Crippen molar-refractivity contribution in [3.05, 3.63) is 35.4 Å².